The molecule has 5 nitrogen and oxygen atoms in total. The van der Waals surface area contributed by atoms with Crippen molar-refractivity contribution in [2.45, 2.75) is 0 Å². The van der Waals surface area contributed by atoms with Crippen molar-refractivity contribution in [1.29, 1.82) is 0 Å². The maximum atomic E-state index is 10.7. The Morgan fingerprint density at radius 1 is 1.46 bits per heavy atom. The Hall–Kier alpha value is -1.69. The van der Waals surface area contributed by atoms with Gasteiger partial charge >= 0.3 is 5.97 Å². The van der Waals surface area contributed by atoms with Crippen molar-refractivity contribution in [2.24, 2.45) is 0 Å². The van der Waals surface area contributed by atoms with Crippen molar-refractivity contribution in [3.05, 3.63) is 17.7 Å². The second-order valence-electron chi connectivity index (χ2n) is 2.39. The molecule has 0 aliphatic rings. The van der Waals surface area contributed by atoms with Crippen LogP contribution < -0.4 is 0 Å². The van der Waals surface area contributed by atoms with E-state index in [1.54, 1.807) is 0 Å². The van der Waals surface area contributed by atoms with Gasteiger partial charge < -0.3 is 10.2 Å². The highest BCUT2D eigenvalue weighted by Crippen LogP contribution is 2.27. The zero-order valence-corrected chi connectivity index (χ0v) is 7.08. The normalized spacial score (nSPS) is 10.5. The van der Waals surface area contributed by atoms with E-state index in [1.165, 1.54) is 12.1 Å². The predicted octanol–water partition coefficient (Wildman–Crippen LogP) is 1.10. The van der Waals surface area contributed by atoms with Crippen LogP contribution in [0.25, 0.3) is 10.2 Å². The SMILES string of the molecule is O=C(O)c1ccc(O)c2nnsc12. The molecule has 0 aliphatic carbocycles. The van der Waals surface area contributed by atoms with Crippen molar-refractivity contribution in [1.82, 2.24) is 9.59 Å². The number of aromatic carboxylic acids is 1. The summed E-state index contributed by atoms with van der Waals surface area (Å²) in [5.41, 5.74) is 0.354. The lowest BCUT2D eigenvalue weighted by Gasteiger charge is -1.95. The Morgan fingerprint density at radius 2 is 2.23 bits per heavy atom. The Kier molecular flexibility index (Phi) is 1.63. The van der Waals surface area contributed by atoms with Crippen LogP contribution in [0.5, 0.6) is 5.75 Å². The van der Waals surface area contributed by atoms with Crippen LogP contribution in [0, 0.1) is 0 Å². The number of rotatable bonds is 1. The number of carbonyl (C=O) groups is 1. The minimum Gasteiger partial charge on any atom is -0.506 e. The number of carboxylic acid groups (broad SMARTS) is 1. The van der Waals surface area contributed by atoms with E-state index in [1.807, 2.05) is 0 Å². The van der Waals surface area contributed by atoms with E-state index >= 15 is 0 Å². The summed E-state index contributed by atoms with van der Waals surface area (Å²) in [4.78, 5) is 10.7. The Balaban J connectivity index is 2.86. The van der Waals surface area contributed by atoms with Crippen LogP contribution in [0.4, 0.5) is 0 Å². The first kappa shape index (κ1) is 7.93. The fourth-order valence-corrected chi connectivity index (χ4v) is 1.71. The van der Waals surface area contributed by atoms with Crippen molar-refractivity contribution in [2.75, 3.05) is 0 Å². The average molecular weight is 196 g/mol. The molecule has 0 unspecified atom stereocenters. The molecule has 0 bridgehead atoms. The number of carboxylic acids is 1. The molecule has 2 rings (SSSR count). The van der Waals surface area contributed by atoms with E-state index in [0.717, 1.165) is 11.5 Å². The van der Waals surface area contributed by atoms with Crippen LogP contribution in [0.1, 0.15) is 10.4 Å². The van der Waals surface area contributed by atoms with Crippen molar-refractivity contribution in [3.63, 3.8) is 0 Å². The molecule has 6 heteroatoms. The minimum absolute atomic E-state index is 0.0475. The third-order valence-corrected chi connectivity index (χ3v) is 2.37. The summed E-state index contributed by atoms with van der Waals surface area (Å²) in [5, 5.41) is 21.7. The number of nitrogens with zero attached hydrogens (tertiary/aromatic N) is 2. The predicted molar refractivity (Wildman–Crippen MR) is 46.0 cm³/mol. The number of aromatic nitrogens is 2. The number of benzene rings is 1. The molecule has 66 valence electrons. The van der Waals surface area contributed by atoms with Gasteiger partial charge in [-0.05, 0) is 23.7 Å². The number of phenols is 1. The molecule has 2 N–H and O–H groups in total. The summed E-state index contributed by atoms with van der Waals surface area (Å²) in [6.07, 6.45) is 0. The topological polar surface area (TPSA) is 83.3 Å². The first-order valence-corrected chi connectivity index (χ1v) is 4.15. The monoisotopic (exact) mass is 196 g/mol. The van der Waals surface area contributed by atoms with Gasteiger partial charge in [-0.2, -0.15) is 0 Å². The minimum atomic E-state index is -1.05. The van der Waals surface area contributed by atoms with E-state index in [0.29, 0.717) is 4.70 Å². The molecule has 0 fully saturated rings. The molecule has 0 saturated carbocycles. The average Bonchev–Trinajstić information content (AvgIpc) is 2.53. The summed E-state index contributed by atoms with van der Waals surface area (Å²) in [7, 11) is 0. The highest BCUT2D eigenvalue weighted by atomic mass is 32.1. The third-order valence-electron chi connectivity index (χ3n) is 1.61. The number of hydrogen-bond donors (Lipinski definition) is 2. The van der Waals surface area contributed by atoms with Gasteiger partial charge in [-0.25, -0.2) is 4.79 Å². The van der Waals surface area contributed by atoms with Crippen LogP contribution in [-0.4, -0.2) is 25.8 Å². The van der Waals surface area contributed by atoms with Crippen molar-refractivity contribution >= 4 is 27.7 Å². The summed E-state index contributed by atoms with van der Waals surface area (Å²) >= 11 is 0.954. The molecule has 0 spiro atoms. The highest BCUT2D eigenvalue weighted by molar-refractivity contribution is 7.13. The zero-order valence-electron chi connectivity index (χ0n) is 6.26. The Morgan fingerprint density at radius 3 is 2.92 bits per heavy atom. The van der Waals surface area contributed by atoms with Gasteiger partial charge in [0.05, 0.1) is 10.3 Å². The maximum Gasteiger partial charge on any atom is 0.337 e. The molecule has 0 amide bonds. The Labute approximate surface area is 76.4 Å². The molecule has 1 aromatic heterocycles. The summed E-state index contributed by atoms with van der Waals surface area (Å²) < 4.78 is 3.97. The molecule has 0 radical (unpaired) electrons. The van der Waals surface area contributed by atoms with Crippen LogP contribution in [0.15, 0.2) is 12.1 Å². The van der Waals surface area contributed by atoms with E-state index in [9.17, 15) is 9.90 Å². The molecule has 13 heavy (non-hydrogen) atoms. The fourth-order valence-electron chi connectivity index (χ4n) is 1.02. The second-order valence-corrected chi connectivity index (χ2v) is 3.14. The molecule has 0 aliphatic heterocycles. The number of phenolic OH excluding ortho intramolecular Hbond substituents is 1. The lowest BCUT2D eigenvalue weighted by Crippen LogP contribution is -1.95. The van der Waals surface area contributed by atoms with Gasteiger partial charge in [0.2, 0.25) is 0 Å². The summed E-state index contributed by atoms with van der Waals surface area (Å²) in [5.74, 6) is -1.09. The van der Waals surface area contributed by atoms with Crippen molar-refractivity contribution in [3.8, 4) is 5.75 Å². The standard InChI is InChI=1S/C7H4N2O3S/c10-4-2-1-3(7(11)12)6-5(4)8-9-13-6/h1-2,10H,(H,11,12). The first-order chi connectivity index (χ1) is 6.20. The number of aromatic hydroxyl groups is 1. The highest BCUT2D eigenvalue weighted by Gasteiger charge is 2.13. The first-order valence-electron chi connectivity index (χ1n) is 3.37. The molecule has 2 aromatic rings. The molecular formula is C7H4N2O3S. The van der Waals surface area contributed by atoms with Crippen LogP contribution in [0.3, 0.4) is 0 Å². The van der Waals surface area contributed by atoms with Crippen molar-refractivity contribution < 1.29 is 15.0 Å². The maximum absolute atomic E-state index is 10.7. The fraction of sp³-hybridized carbons (Fsp3) is 0. The van der Waals surface area contributed by atoms with Gasteiger partial charge in [0.15, 0.2) is 0 Å². The molecule has 0 saturated heterocycles. The number of hydrogen-bond acceptors (Lipinski definition) is 5. The van der Waals surface area contributed by atoms with Gasteiger partial charge in [0.1, 0.15) is 11.3 Å². The molecule has 1 heterocycles. The molecule has 1 aromatic carbocycles. The van der Waals surface area contributed by atoms with Crippen LogP contribution >= 0.6 is 11.5 Å². The van der Waals surface area contributed by atoms with Gasteiger partial charge in [0.25, 0.3) is 0 Å². The van der Waals surface area contributed by atoms with E-state index in [-0.39, 0.29) is 16.8 Å². The van der Waals surface area contributed by atoms with Crippen LogP contribution in [0.2, 0.25) is 0 Å². The largest absolute Gasteiger partial charge is 0.506 e. The zero-order chi connectivity index (χ0) is 9.42. The molecule has 0 atom stereocenters. The lowest BCUT2D eigenvalue weighted by molar-refractivity contribution is 0.0699. The third kappa shape index (κ3) is 1.11. The quantitative estimate of drug-likeness (QED) is 0.713. The summed E-state index contributed by atoms with van der Waals surface area (Å²) in [6.45, 7) is 0. The number of fused-ring (bicyclic) bond motifs is 1. The second kappa shape index (κ2) is 2.67. The van der Waals surface area contributed by atoms with Gasteiger partial charge in [-0.15, -0.1) is 5.10 Å². The smallest absolute Gasteiger partial charge is 0.337 e. The summed E-state index contributed by atoms with van der Waals surface area (Å²) in [6, 6.07) is 2.63. The van der Waals surface area contributed by atoms with Gasteiger partial charge in [0, 0.05) is 0 Å². The van der Waals surface area contributed by atoms with E-state index in [4.69, 9.17) is 5.11 Å². The van der Waals surface area contributed by atoms with Gasteiger partial charge in [-0.3, -0.25) is 0 Å². The van der Waals surface area contributed by atoms with Crippen LogP contribution in [-0.2, 0) is 0 Å². The van der Waals surface area contributed by atoms with E-state index < -0.39 is 5.97 Å². The lowest BCUT2D eigenvalue weighted by atomic mass is 10.2. The Bertz CT molecular complexity index is 480. The van der Waals surface area contributed by atoms with Gasteiger partial charge in [-0.1, -0.05) is 4.49 Å². The van der Waals surface area contributed by atoms with E-state index in [2.05, 4.69) is 9.59 Å². The molecular weight excluding hydrogens is 192 g/mol.